The van der Waals surface area contributed by atoms with Gasteiger partial charge >= 0.3 is 57.7 Å². The van der Waals surface area contributed by atoms with Gasteiger partial charge in [0.1, 0.15) is 0 Å². The summed E-state index contributed by atoms with van der Waals surface area (Å²) in [6, 6.07) is 0. The van der Waals surface area contributed by atoms with E-state index in [2.05, 4.69) is 1.12 Å². The monoisotopic (exact) mass is 204 g/mol. The van der Waals surface area contributed by atoms with E-state index < -0.39 is 0 Å². The van der Waals surface area contributed by atoms with Gasteiger partial charge < -0.3 is 0 Å². The molecule has 0 aliphatic heterocycles. The van der Waals surface area contributed by atoms with Crippen molar-refractivity contribution in [3.05, 3.63) is 0 Å². The summed E-state index contributed by atoms with van der Waals surface area (Å²) in [5, 5.41) is 0. The second-order valence-electron chi connectivity index (χ2n) is 0.583. The third-order valence-corrected chi connectivity index (χ3v) is 0.953. The summed E-state index contributed by atoms with van der Waals surface area (Å²) in [6.45, 7) is 1.39. The molecule has 0 aromatic heterocycles. The van der Waals surface area contributed by atoms with Gasteiger partial charge in [0.25, 0.3) is 0 Å². The predicted molar refractivity (Wildman–Crippen MR) is 11.8 cm³/mol. The zero-order valence-corrected chi connectivity index (χ0v) is 5.63. The van der Waals surface area contributed by atoms with Crippen LogP contribution in [0.4, 0.5) is 0 Å². The summed E-state index contributed by atoms with van der Waals surface area (Å²) in [5.74, 6) is -0.196. The van der Waals surface area contributed by atoms with E-state index in [1.54, 1.807) is 0 Å². The van der Waals surface area contributed by atoms with Crippen LogP contribution < -0.4 is 0 Å². The van der Waals surface area contributed by atoms with Gasteiger partial charge in [0.2, 0.25) is 0 Å². The predicted octanol–water partition coefficient (Wildman–Crippen LogP) is 0.0138. The summed E-state index contributed by atoms with van der Waals surface area (Å²) >= 11 is 0.689. The second-order valence-corrected chi connectivity index (χ2v) is 1.17. The first-order valence-corrected chi connectivity index (χ1v) is 2.26. The van der Waals surface area contributed by atoms with E-state index in [0.29, 0.717) is 38.9 Å². The number of hydrogen-bond donors (Lipinski definition) is 0. The fourth-order valence-electron chi connectivity index (χ4n) is 0. The van der Waals surface area contributed by atoms with Crippen LogP contribution in [0.15, 0.2) is 0 Å². The van der Waals surface area contributed by atoms with Crippen molar-refractivity contribution >= 4 is 5.97 Å². The van der Waals surface area contributed by atoms with E-state index in [1.165, 1.54) is 6.92 Å². The molecule has 0 aliphatic carbocycles. The summed E-state index contributed by atoms with van der Waals surface area (Å²) in [5.41, 5.74) is 0. The molecule has 0 aromatic carbocycles. The quantitative estimate of drug-likeness (QED) is 0.555. The summed E-state index contributed by atoms with van der Waals surface area (Å²) < 4.78 is 4.22. The van der Waals surface area contributed by atoms with Crippen molar-refractivity contribution in [1.82, 2.24) is 0 Å². The van der Waals surface area contributed by atoms with Crippen molar-refractivity contribution in [2.75, 3.05) is 0 Å². The Hall–Kier alpha value is 0.808. The number of carbonyl (C=O) groups excluding carboxylic acids is 1. The van der Waals surface area contributed by atoms with E-state index in [0.717, 1.165) is 0 Å². The van der Waals surface area contributed by atoms with Gasteiger partial charge in [-0.3, -0.25) is 0 Å². The molecular formula is C2H3O2Pm. The molecular weight excluding hydrogens is 201 g/mol. The first-order chi connectivity index (χ1) is 2.27. The van der Waals surface area contributed by atoms with Crippen molar-refractivity contribution < 1.29 is 44.8 Å². The van der Waals surface area contributed by atoms with Crippen molar-refractivity contribution in [1.29, 1.82) is 0 Å². The van der Waals surface area contributed by atoms with E-state index in [-0.39, 0.29) is 5.97 Å². The Labute approximate surface area is 57.2 Å². The van der Waals surface area contributed by atoms with Gasteiger partial charge in [-0.15, -0.1) is 0 Å². The standard InChI is InChI=1S/C2H4O2.Pm/c1-2(3)4;/h1H3,(H,3,4);/q;+1/p-1. The molecule has 0 rings (SSSR count). The molecule has 0 amide bonds. The molecule has 0 heterocycles. The van der Waals surface area contributed by atoms with Gasteiger partial charge in [-0.05, 0) is 0 Å². The summed E-state index contributed by atoms with van der Waals surface area (Å²) in [7, 11) is 0. The maximum absolute atomic E-state index is 9.62. The molecule has 3 heteroatoms. The van der Waals surface area contributed by atoms with Crippen LogP contribution in [-0.4, -0.2) is 5.97 Å². The molecule has 0 atom stereocenters. The van der Waals surface area contributed by atoms with Crippen molar-refractivity contribution in [2.24, 2.45) is 0 Å². The van der Waals surface area contributed by atoms with Crippen molar-refractivity contribution in [2.45, 2.75) is 6.92 Å². The molecule has 5 heavy (non-hydrogen) atoms. The van der Waals surface area contributed by atoms with Crippen LogP contribution in [0.3, 0.4) is 0 Å². The van der Waals surface area contributed by atoms with Crippen LogP contribution in [0, 0.1) is 38.9 Å². The molecule has 0 aliphatic rings. The average molecular weight is 204 g/mol. The fraction of sp³-hybridized carbons (Fsp3) is 0.500. The van der Waals surface area contributed by atoms with E-state index >= 15 is 0 Å². The van der Waals surface area contributed by atoms with Crippen LogP contribution in [0.5, 0.6) is 0 Å². The van der Waals surface area contributed by atoms with Crippen molar-refractivity contribution in [3.8, 4) is 0 Å². The van der Waals surface area contributed by atoms with Gasteiger partial charge in [-0.2, -0.15) is 0 Å². The molecule has 0 fully saturated rings. The Bertz CT molecular complexity index is 42.9. The molecule has 0 spiro atoms. The SMILES string of the molecule is CC(=O)[O][Pm]. The molecule has 28 valence electrons. The fourth-order valence-corrected chi connectivity index (χ4v) is 0. The van der Waals surface area contributed by atoms with E-state index in [9.17, 15) is 4.79 Å². The Balaban J connectivity index is 2.85. The Kier molecular flexibility index (Phi) is 3.50. The van der Waals surface area contributed by atoms with Crippen LogP contribution in [0.25, 0.3) is 0 Å². The van der Waals surface area contributed by atoms with Crippen LogP contribution in [0.1, 0.15) is 6.92 Å². The van der Waals surface area contributed by atoms with Crippen molar-refractivity contribution in [3.63, 3.8) is 0 Å². The van der Waals surface area contributed by atoms with Gasteiger partial charge in [0, 0.05) is 0 Å². The van der Waals surface area contributed by atoms with Gasteiger partial charge in [0.05, 0.1) is 0 Å². The summed E-state index contributed by atoms with van der Waals surface area (Å²) in [4.78, 5) is 9.62. The number of carbonyl (C=O) groups is 1. The molecule has 0 saturated carbocycles. The third kappa shape index (κ3) is 4.81. The molecule has 0 bridgehead atoms. The minimum atomic E-state index is -0.196. The van der Waals surface area contributed by atoms with Gasteiger partial charge in [-0.25, -0.2) is 0 Å². The van der Waals surface area contributed by atoms with Gasteiger partial charge in [-0.1, -0.05) is 0 Å². The first kappa shape index (κ1) is 5.81. The average Bonchev–Trinajstić information content (AvgIpc) is 1.38. The molecule has 0 N–H and O–H groups in total. The minimum absolute atomic E-state index is 0.196. The third-order valence-electron chi connectivity index (χ3n) is 0.129. The molecule has 2 nitrogen and oxygen atoms in total. The Morgan fingerprint density at radius 3 is 2.20 bits per heavy atom. The zero-order valence-electron chi connectivity index (χ0n) is 2.76. The van der Waals surface area contributed by atoms with Crippen LogP contribution in [-0.2, 0) is 5.91 Å². The number of hydrogen-bond acceptors (Lipinski definition) is 2. The maximum atomic E-state index is 9.62. The molecule has 0 saturated heterocycles. The van der Waals surface area contributed by atoms with Crippen LogP contribution >= 0.6 is 0 Å². The normalized spacial score (nSPS) is 6.60. The van der Waals surface area contributed by atoms with Crippen LogP contribution in [0.2, 0.25) is 0 Å². The van der Waals surface area contributed by atoms with E-state index in [4.69, 9.17) is 0 Å². The first-order valence-electron chi connectivity index (χ1n) is 1.09. The summed E-state index contributed by atoms with van der Waals surface area (Å²) in [6.07, 6.45) is 0. The molecule has 0 radical (unpaired) electrons. The zero-order chi connectivity index (χ0) is 4.28. The molecule has 0 unspecified atom stereocenters. The topological polar surface area (TPSA) is 26.3 Å². The Morgan fingerprint density at radius 1 is 2.00 bits per heavy atom. The number of rotatable bonds is 0. The van der Waals surface area contributed by atoms with E-state index in [1.807, 2.05) is 0 Å². The molecule has 0 aromatic rings. The van der Waals surface area contributed by atoms with Gasteiger partial charge in [0.15, 0.2) is 0 Å². The second kappa shape index (κ2) is 3.02. The Morgan fingerprint density at radius 2 is 2.20 bits per heavy atom.